The van der Waals surface area contributed by atoms with Crippen molar-refractivity contribution < 1.29 is 23.0 Å². The molecule has 0 atom stereocenters. The first-order valence-corrected chi connectivity index (χ1v) is 6.93. The second-order valence-corrected chi connectivity index (χ2v) is 5.20. The van der Waals surface area contributed by atoms with Crippen LogP contribution in [0.25, 0.3) is 22.2 Å². The van der Waals surface area contributed by atoms with E-state index in [4.69, 9.17) is 4.74 Å². The molecular weight excluding hydrogens is 307 g/mol. The number of para-hydroxylation sites is 1. The van der Waals surface area contributed by atoms with Gasteiger partial charge in [0.25, 0.3) is 0 Å². The summed E-state index contributed by atoms with van der Waals surface area (Å²) in [5.41, 5.74) is 1.61. The highest BCUT2D eigenvalue weighted by atomic mass is 19.4. The lowest BCUT2D eigenvalue weighted by molar-refractivity contribution is -0.126. The van der Waals surface area contributed by atoms with Crippen LogP contribution < -0.4 is 4.74 Å². The molecule has 1 heterocycles. The van der Waals surface area contributed by atoms with Crippen LogP contribution in [0.4, 0.5) is 13.2 Å². The Bertz CT molecular complexity index is 853. The highest BCUT2D eigenvalue weighted by Crippen LogP contribution is 2.37. The van der Waals surface area contributed by atoms with Gasteiger partial charge in [0.05, 0.1) is 19.2 Å². The summed E-state index contributed by atoms with van der Waals surface area (Å²) in [7, 11) is 1.41. The normalized spacial score (nSPS) is 11.8. The van der Waals surface area contributed by atoms with Crippen LogP contribution in [0, 0.1) is 0 Å². The molecule has 0 aliphatic carbocycles. The van der Waals surface area contributed by atoms with Crippen LogP contribution in [0.5, 0.6) is 11.5 Å². The number of hydrogen-bond donors (Lipinski definition) is 2. The zero-order valence-corrected chi connectivity index (χ0v) is 12.2. The van der Waals surface area contributed by atoms with E-state index < -0.39 is 12.6 Å². The van der Waals surface area contributed by atoms with Crippen LogP contribution >= 0.6 is 0 Å². The van der Waals surface area contributed by atoms with E-state index in [-0.39, 0.29) is 17.1 Å². The summed E-state index contributed by atoms with van der Waals surface area (Å²) in [6, 6.07) is 11.4. The average Bonchev–Trinajstić information content (AvgIpc) is 2.84. The number of methoxy groups -OCH3 is 1. The predicted molar refractivity (Wildman–Crippen MR) is 81.7 cm³/mol. The van der Waals surface area contributed by atoms with Gasteiger partial charge in [-0.2, -0.15) is 13.2 Å². The maximum absolute atomic E-state index is 13.0. The third-order valence-corrected chi connectivity index (χ3v) is 3.66. The maximum Gasteiger partial charge on any atom is 0.393 e. The molecule has 0 bridgehead atoms. The highest BCUT2D eigenvalue weighted by Gasteiger charge is 2.31. The molecular formula is C17H14F3NO2. The topological polar surface area (TPSA) is 45.2 Å². The summed E-state index contributed by atoms with van der Waals surface area (Å²) in [5.74, 6) is 0.142. The number of phenolic OH excluding ortho intramolecular Hbond substituents is 1. The van der Waals surface area contributed by atoms with Gasteiger partial charge in [0.1, 0.15) is 0 Å². The number of alkyl halides is 3. The van der Waals surface area contributed by atoms with Crippen molar-refractivity contribution in [2.24, 2.45) is 0 Å². The SMILES string of the molecule is COc1ccc(-c2[nH]c3ccccc3c2CC(F)(F)F)cc1O. The lowest BCUT2D eigenvalue weighted by Crippen LogP contribution is -2.11. The van der Waals surface area contributed by atoms with Gasteiger partial charge in [0.15, 0.2) is 11.5 Å². The first-order valence-electron chi connectivity index (χ1n) is 6.93. The molecule has 0 aliphatic heterocycles. The minimum atomic E-state index is -4.33. The molecule has 0 aliphatic rings. The predicted octanol–water partition coefficient (Wildman–Crippen LogP) is 4.65. The zero-order valence-electron chi connectivity index (χ0n) is 12.2. The summed E-state index contributed by atoms with van der Waals surface area (Å²) in [5, 5.41) is 10.4. The van der Waals surface area contributed by atoms with Crippen molar-refractivity contribution in [2.45, 2.75) is 12.6 Å². The van der Waals surface area contributed by atoms with E-state index in [9.17, 15) is 18.3 Å². The second kappa shape index (κ2) is 5.53. The van der Waals surface area contributed by atoms with Crippen molar-refractivity contribution in [2.75, 3.05) is 7.11 Å². The largest absolute Gasteiger partial charge is 0.504 e. The molecule has 0 radical (unpaired) electrons. The van der Waals surface area contributed by atoms with Gasteiger partial charge < -0.3 is 14.8 Å². The Hall–Kier alpha value is -2.63. The van der Waals surface area contributed by atoms with Crippen LogP contribution in [-0.2, 0) is 6.42 Å². The summed E-state index contributed by atoms with van der Waals surface area (Å²) in [4.78, 5) is 3.02. The summed E-state index contributed by atoms with van der Waals surface area (Å²) in [6.07, 6.45) is -5.37. The molecule has 23 heavy (non-hydrogen) atoms. The Morgan fingerprint density at radius 1 is 1.13 bits per heavy atom. The van der Waals surface area contributed by atoms with Gasteiger partial charge in [-0.1, -0.05) is 18.2 Å². The number of rotatable bonds is 3. The molecule has 0 amide bonds. The molecule has 0 saturated heterocycles. The molecule has 0 fully saturated rings. The van der Waals surface area contributed by atoms with E-state index in [0.29, 0.717) is 22.2 Å². The molecule has 0 unspecified atom stereocenters. The average molecular weight is 321 g/mol. The zero-order chi connectivity index (χ0) is 16.6. The first kappa shape index (κ1) is 15.3. The maximum atomic E-state index is 13.0. The first-order chi connectivity index (χ1) is 10.9. The number of nitrogens with one attached hydrogen (secondary N) is 1. The van der Waals surface area contributed by atoms with Gasteiger partial charge in [-0.15, -0.1) is 0 Å². The number of hydrogen-bond acceptors (Lipinski definition) is 2. The summed E-state index contributed by atoms with van der Waals surface area (Å²) >= 11 is 0. The fourth-order valence-corrected chi connectivity index (χ4v) is 2.68. The van der Waals surface area contributed by atoms with Crippen molar-refractivity contribution in [3.05, 3.63) is 48.0 Å². The number of benzene rings is 2. The van der Waals surface area contributed by atoms with Crippen molar-refractivity contribution in [1.29, 1.82) is 0 Å². The number of halogens is 3. The number of aromatic amines is 1. The number of aromatic nitrogens is 1. The molecule has 3 nitrogen and oxygen atoms in total. The Labute approximate surface area is 130 Å². The van der Waals surface area contributed by atoms with Gasteiger partial charge in [-0.25, -0.2) is 0 Å². The fraction of sp³-hybridized carbons (Fsp3) is 0.176. The van der Waals surface area contributed by atoms with E-state index >= 15 is 0 Å². The highest BCUT2D eigenvalue weighted by molar-refractivity contribution is 5.91. The smallest absolute Gasteiger partial charge is 0.393 e. The Balaban J connectivity index is 2.20. The Kier molecular flexibility index (Phi) is 3.67. The van der Waals surface area contributed by atoms with Crippen LogP contribution in [0.1, 0.15) is 5.56 Å². The van der Waals surface area contributed by atoms with Crippen molar-refractivity contribution >= 4 is 10.9 Å². The minimum Gasteiger partial charge on any atom is -0.504 e. The molecule has 6 heteroatoms. The molecule has 120 valence electrons. The lowest BCUT2D eigenvalue weighted by Gasteiger charge is -2.10. The molecule has 0 saturated carbocycles. The fourth-order valence-electron chi connectivity index (χ4n) is 2.68. The van der Waals surface area contributed by atoms with Gasteiger partial charge >= 0.3 is 6.18 Å². The molecule has 3 aromatic rings. The van der Waals surface area contributed by atoms with E-state index in [0.717, 1.165) is 0 Å². The molecule has 1 aromatic heterocycles. The molecule has 2 aromatic carbocycles. The molecule has 3 rings (SSSR count). The van der Waals surface area contributed by atoms with Crippen molar-refractivity contribution in [3.63, 3.8) is 0 Å². The molecule has 0 spiro atoms. The minimum absolute atomic E-state index is 0.124. The Morgan fingerprint density at radius 2 is 1.87 bits per heavy atom. The van der Waals surface area contributed by atoms with E-state index in [1.165, 1.54) is 19.2 Å². The standard InChI is InChI=1S/C17H14F3NO2/c1-23-15-7-6-10(8-14(15)22)16-12(9-17(18,19)20)11-4-2-3-5-13(11)21-16/h2-8,21-22H,9H2,1H3. The van der Waals surface area contributed by atoms with Gasteiger partial charge in [0, 0.05) is 16.5 Å². The van der Waals surface area contributed by atoms with Crippen molar-refractivity contribution in [1.82, 2.24) is 4.98 Å². The number of fused-ring (bicyclic) bond motifs is 1. The number of phenols is 1. The number of aromatic hydroxyl groups is 1. The number of H-pyrrole nitrogens is 1. The lowest BCUT2D eigenvalue weighted by atomic mass is 10.0. The van der Waals surface area contributed by atoms with Crippen molar-refractivity contribution in [3.8, 4) is 22.8 Å². The van der Waals surface area contributed by atoms with Crippen LogP contribution in [0.2, 0.25) is 0 Å². The quantitative estimate of drug-likeness (QED) is 0.737. The third kappa shape index (κ3) is 2.97. The monoisotopic (exact) mass is 321 g/mol. The molecule has 2 N–H and O–H groups in total. The summed E-state index contributed by atoms with van der Waals surface area (Å²) in [6.45, 7) is 0. The van der Waals surface area contributed by atoms with Crippen LogP contribution in [-0.4, -0.2) is 23.4 Å². The van der Waals surface area contributed by atoms with E-state index in [1.54, 1.807) is 30.3 Å². The second-order valence-electron chi connectivity index (χ2n) is 5.20. The number of ether oxygens (including phenoxy) is 1. The van der Waals surface area contributed by atoms with Gasteiger partial charge in [-0.3, -0.25) is 0 Å². The van der Waals surface area contributed by atoms with Gasteiger partial charge in [0.2, 0.25) is 0 Å². The van der Waals surface area contributed by atoms with Crippen LogP contribution in [0.15, 0.2) is 42.5 Å². The third-order valence-electron chi connectivity index (χ3n) is 3.66. The van der Waals surface area contributed by atoms with Gasteiger partial charge in [-0.05, 0) is 29.8 Å². The van der Waals surface area contributed by atoms with E-state index in [1.807, 2.05) is 0 Å². The van der Waals surface area contributed by atoms with E-state index in [2.05, 4.69) is 4.98 Å². The van der Waals surface area contributed by atoms with Crippen LogP contribution in [0.3, 0.4) is 0 Å². The summed E-state index contributed by atoms with van der Waals surface area (Å²) < 4.78 is 43.8. The Morgan fingerprint density at radius 3 is 2.52 bits per heavy atom.